The fourth-order valence-corrected chi connectivity index (χ4v) is 1.32. The van der Waals surface area contributed by atoms with Gasteiger partial charge in [0, 0.05) is 5.56 Å². The first-order chi connectivity index (χ1) is 5.34. The molecule has 0 aliphatic rings. The SMILES string of the molecule is CSCCC(O)c1ccoc1. The van der Waals surface area contributed by atoms with Gasteiger partial charge in [-0.15, -0.1) is 0 Å². The molecule has 0 amide bonds. The van der Waals surface area contributed by atoms with E-state index in [9.17, 15) is 5.11 Å². The van der Waals surface area contributed by atoms with Crippen molar-refractivity contribution in [2.24, 2.45) is 0 Å². The van der Waals surface area contributed by atoms with Crippen LogP contribution in [0.1, 0.15) is 18.1 Å². The molecule has 0 aliphatic carbocycles. The second kappa shape index (κ2) is 4.46. The third-order valence-electron chi connectivity index (χ3n) is 1.52. The quantitative estimate of drug-likeness (QED) is 0.754. The summed E-state index contributed by atoms with van der Waals surface area (Å²) < 4.78 is 4.85. The van der Waals surface area contributed by atoms with E-state index in [1.807, 2.05) is 6.26 Å². The number of thioether (sulfide) groups is 1. The molecule has 1 unspecified atom stereocenters. The summed E-state index contributed by atoms with van der Waals surface area (Å²) in [6.45, 7) is 0. The highest BCUT2D eigenvalue weighted by molar-refractivity contribution is 7.98. The van der Waals surface area contributed by atoms with Gasteiger partial charge in [-0.25, -0.2) is 0 Å². The zero-order chi connectivity index (χ0) is 8.10. The fourth-order valence-electron chi connectivity index (χ4n) is 0.861. The number of furan rings is 1. The average molecular weight is 172 g/mol. The standard InChI is InChI=1S/C8H12O2S/c1-11-5-3-8(9)7-2-4-10-6-7/h2,4,6,8-9H,3,5H2,1H3. The third kappa shape index (κ3) is 2.60. The van der Waals surface area contributed by atoms with E-state index in [4.69, 9.17) is 4.42 Å². The van der Waals surface area contributed by atoms with Crippen LogP contribution in [0.2, 0.25) is 0 Å². The molecule has 0 bridgehead atoms. The van der Waals surface area contributed by atoms with Crippen LogP contribution >= 0.6 is 11.8 Å². The molecule has 0 aliphatic heterocycles. The van der Waals surface area contributed by atoms with Crippen molar-refractivity contribution in [2.75, 3.05) is 12.0 Å². The van der Waals surface area contributed by atoms with Crippen molar-refractivity contribution in [2.45, 2.75) is 12.5 Å². The predicted molar refractivity (Wildman–Crippen MR) is 46.7 cm³/mol. The van der Waals surface area contributed by atoms with Gasteiger partial charge in [-0.1, -0.05) is 0 Å². The van der Waals surface area contributed by atoms with Crippen LogP contribution in [0.15, 0.2) is 23.0 Å². The topological polar surface area (TPSA) is 33.4 Å². The second-order valence-electron chi connectivity index (χ2n) is 2.35. The summed E-state index contributed by atoms with van der Waals surface area (Å²) in [7, 11) is 0. The monoisotopic (exact) mass is 172 g/mol. The van der Waals surface area contributed by atoms with Crippen LogP contribution in [0.25, 0.3) is 0 Å². The highest BCUT2D eigenvalue weighted by Gasteiger charge is 2.06. The minimum atomic E-state index is -0.360. The number of hydrogen-bond donors (Lipinski definition) is 1. The summed E-state index contributed by atoms with van der Waals surface area (Å²) in [4.78, 5) is 0. The van der Waals surface area contributed by atoms with Crippen molar-refractivity contribution in [3.8, 4) is 0 Å². The van der Waals surface area contributed by atoms with E-state index in [0.717, 1.165) is 17.7 Å². The molecule has 0 fully saturated rings. The molecular weight excluding hydrogens is 160 g/mol. The summed E-state index contributed by atoms with van der Waals surface area (Å²) in [6.07, 6.45) is 5.63. The van der Waals surface area contributed by atoms with E-state index in [1.54, 1.807) is 30.4 Å². The van der Waals surface area contributed by atoms with Crippen molar-refractivity contribution in [3.05, 3.63) is 24.2 Å². The van der Waals surface area contributed by atoms with Crippen LogP contribution in [0.3, 0.4) is 0 Å². The maximum atomic E-state index is 9.47. The maximum Gasteiger partial charge on any atom is 0.0960 e. The molecule has 1 heterocycles. The van der Waals surface area contributed by atoms with Gasteiger partial charge in [0.15, 0.2) is 0 Å². The lowest BCUT2D eigenvalue weighted by atomic mass is 10.1. The largest absolute Gasteiger partial charge is 0.472 e. The molecule has 0 saturated heterocycles. The van der Waals surface area contributed by atoms with E-state index in [-0.39, 0.29) is 6.10 Å². The molecule has 1 aromatic heterocycles. The Hall–Kier alpha value is -0.410. The highest BCUT2D eigenvalue weighted by atomic mass is 32.2. The molecule has 3 heteroatoms. The molecule has 2 nitrogen and oxygen atoms in total. The molecule has 1 N–H and O–H groups in total. The molecule has 1 rings (SSSR count). The fraction of sp³-hybridized carbons (Fsp3) is 0.500. The molecular formula is C8H12O2S. The minimum absolute atomic E-state index is 0.360. The minimum Gasteiger partial charge on any atom is -0.472 e. The van der Waals surface area contributed by atoms with Crippen molar-refractivity contribution in [1.82, 2.24) is 0 Å². The van der Waals surface area contributed by atoms with Crippen LogP contribution in [0, 0.1) is 0 Å². The summed E-state index contributed by atoms with van der Waals surface area (Å²) in [6, 6.07) is 1.80. The van der Waals surface area contributed by atoms with Gasteiger partial charge in [0.25, 0.3) is 0 Å². The zero-order valence-corrected chi connectivity index (χ0v) is 7.30. The lowest BCUT2D eigenvalue weighted by Crippen LogP contribution is -1.96. The van der Waals surface area contributed by atoms with Gasteiger partial charge in [-0.2, -0.15) is 11.8 Å². The Morgan fingerprint density at radius 1 is 1.73 bits per heavy atom. The van der Waals surface area contributed by atoms with Gasteiger partial charge >= 0.3 is 0 Å². The summed E-state index contributed by atoms with van der Waals surface area (Å²) in [5.74, 6) is 0.979. The summed E-state index contributed by atoms with van der Waals surface area (Å²) >= 11 is 1.74. The molecule has 0 saturated carbocycles. The van der Waals surface area contributed by atoms with Crippen LogP contribution in [-0.4, -0.2) is 17.1 Å². The molecule has 1 atom stereocenters. The Kier molecular flexibility index (Phi) is 3.52. The lowest BCUT2D eigenvalue weighted by molar-refractivity contribution is 0.174. The first-order valence-electron chi connectivity index (χ1n) is 3.53. The second-order valence-corrected chi connectivity index (χ2v) is 3.34. The number of hydrogen-bond acceptors (Lipinski definition) is 3. The zero-order valence-electron chi connectivity index (χ0n) is 6.49. The van der Waals surface area contributed by atoms with Gasteiger partial charge in [-0.05, 0) is 24.5 Å². The van der Waals surface area contributed by atoms with E-state index in [0.29, 0.717) is 0 Å². The normalized spacial score (nSPS) is 13.3. The summed E-state index contributed by atoms with van der Waals surface area (Å²) in [5.41, 5.74) is 0.874. The van der Waals surface area contributed by atoms with Crippen LogP contribution < -0.4 is 0 Å². The Morgan fingerprint density at radius 2 is 2.55 bits per heavy atom. The molecule has 0 radical (unpaired) electrons. The van der Waals surface area contributed by atoms with Gasteiger partial charge in [0.05, 0.1) is 18.6 Å². The third-order valence-corrected chi connectivity index (χ3v) is 2.17. The van der Waals surface area contributed by atoms with Gasteiger partial charge in [0.1, 0.15) is 0 Å². The molecule has 11 heavy (non-hydrogen) atoms. The number of aliphatic hydroxyl groups excluding tert-OH is 1. The van der Waals surface area contributed by atoms with Crippen molar-refractivity contribution >= 4 is 11.8 Å². The first kappa shape index (κ1) is 8.68. The van der Waals surface area contributed by atoms with E-state index < -0.39 is 0 Å². The van der Waals surface area contributed by atoms with E-state index >= 15 is 0 Å². The van der Waals surface area contributed by atoms with Crippen LogP contribution in [0.5, 0.6) is 0 Å². The average Bonchev–Trinajstić information content (AvgIpc) is 2.52. The van der Waals surface area contributed by atoms with Crippen LogP contribution in [0.4, 0.5) is 0 Å². The Balaban J connectivity index is 2.36. The molecule has 62 valence electrons. The predicted octanol–water partition coefficient (Wildman–Crippen LogP) is 2.07. The smallest absolute Gasteiger partial charge is 0.0960 e. The number of rotatable bonds is 4. The maximum absolute atomic E-state index is 9.47. The Morgan fingerprint density at radius 3 is 3.09 bits per heavy atom. The van der Waals surface area contributed by atoms with E-state index in [1.165, 1.54) is 0 Å². The van der Waals surface area contributed by atoms with Crippen LogP contribution in [-0.2, 0) is 0 Å². The number of aliphatic hydroxyl groups is 1. The van der Waals surface area contributed by atoms with Crippen molar-refractivity contribution in [1.29, 1.82) is 0 Å². The van der Waals surface area contributed by atoms with Crippen molar-refractivity contribution < 1.29 is 9.52 Å². The Bertz CT molecular complexity index is 184. The summed E-state index contributed by atoms with van der Waals surface area (Å²) in [5, 5.41) is 9.47. The first-order valence-corrected chi connectivity index (χ1v) is 4.93. The molecule has 0 spiro atoms. The molecule has 1 aromatic rings. The highest BCUT2D eigenvalue weighted by Crippen LogP contribution is 2.17. The lowest BCUT2D eigenvalue weighted by Gasteiger charge is -2.05. The van der Waals surface area contributed by atoms with E-state index in [2.05, 4.69) is 0 Å². The van der Waals surface area contributed by atoms with Gasteiger partial charge in [0.2, 0.25) is 0 Å². The van der Waals surface area contributed by atoms with Crippen molar-refractivity contribution in [3.63, 3.8) is 0 Å². The van der Waals surface area contributed by atoms with Gasteiger partial charge in [-0.3, -0.25) is 0 Å². The Labute approximate surface area is 70.6 Å². The van der Waals surface area contributed by atoms with Gasteiger partial charge < -0.3 is 9.52 Å². The molecule has 0 aromatic carbocycles.